The minimum absolute atomic E-state index is 0.0580. The Bertz CT molecular complexity index is 326. The third-order valence-corrected chi connectivity index (χ3v) is 2.43. The standard InChI is InChI=1S/C13H21NO2/c1-10-5-4-6-12(7-8-14)13(10)16-11(2)9-15-3/h4-6,11H,7-9,14H2,1-3H3. The first-order chi connectivity index (χ1) is 7.69. The SMILES string of the molecule is COCC(C)Oc1c(C)cccc1CCN. The van der Waals surface area contributed by atoms with Crippen LogP contribution in [0.3, 0.4) is 0 Å². The molecule has 1 atom stereocenters. The van der Waals surface area contributed by atoms with Crippen LogP contribution in [-0.2, 0) is 11.2 Å². The van der Waals surface area contributed by atoms with Gasteiger partial charge in [0.15, 0.2) is 0 Å². The van der Waals surface area contributed by atoms with Crippen molar-refractivity contribution in [3.05, 3.63) is 29.3 Å². The number of rotatable bonds is 6. The molecule has 1 aromatic rings. The Hall–Kier alpha value is -1.06. The van der Waals surface area contributed by atoms with E-state index in [-0.39, 0.29) is 6.10 Å². The lowest BCUT2D eigenvalue weighted by Gasteiger charge is -2.18. The van der Waals surface area contributed by atoms with Crippen LogP contribution in [0.1, 0.15) is 18.1 Å². The number of nitrogens with two attached hydrogens (primary N) is 1. The minimum atomic E-state index is 0.0580. The molecule has 0 saturated carbocycles. The molecule has 3 heteroatoms. The van der Waals surface area contributed by atoms with Crippen molar-refractivity contribution in [3.63, 3.8) is 0 Å². The van der Waals surface area contributed by atoms with Crippen LogP contribution in [0.2, 0.25) is 0 Å². The van der Waals surface area contributed by atoms with Gasteiger partial charge in [-0.15, -0.1) is 0 Å². The third-order valence-electron chi connectivity index (χ3n) is 2.43. The van der Waals surface area contributed by atoms with E-state index < -0.39 is 0 Å². The van der Waals surface area contributed by atoms with Crippen LogP contribution < -0.4 is 10.5 Å². The number of methoxy groups -OCH3 is 1. The molecule has 0 heterocycles. The third kappa shape index (κ3) is 3.51. The molecule has 0 saturated heterocycles. The topological polar surface area (TPSA) is 44.5 Å². The molecule has 0 aromatic heterocycles. The molecule has 0 aliphatic carbocycles. The van der Waals surface area contributed by atoms with E-state index in [1.54, 1.807) is 7.11 Å². The number of para-hydroxylation sites is 1. The molecule has 1 unspecified atom stereocenters. The Morgan fingerprint density at radius 2 is 2.12 bits per heavy atom. The predicted octanol–water partition coefficient (Wildman–Crippen LogP) is 1.91. The fourth-order valence-electron chi connectivity index (χ4n) is 1.70. The highest BCUT2D eigenvalue weighted by Crippen LogP contribution is 2.24. The van der Waals surface area contributed by atoms with E-state index in [0.717, 1.165) is 17.7 Å². The Balaban J connectivity index is 2.83. The zero-order valence-corrected chi connectivity index (χ0v) is 10.3. The lowest BCUT2D eigenvalue weighted by Crippen LogP contribution is -2.19. The maximum atomic E-state index is 5.89. The van der Waals surface area contributed by atoms with Crippen molar-refractivity contribution in [2.24, 2.45) is 5.73 Å². The summed E-state index contributed by atoms with van der Waals surface area (Å²) in [6.45, 7) is 5.28. The van der Waals surface area contributed by atoms with Crippen LogP contribution in [0.25, 0.3) is 0 Å². The summed E-state index contributed by atoms with van der Waals surface area (Å²) in [6.07, 6.45) is 0.902. The Labute approximate surface area is 97.6 Å². The molecule has 0 aliphatic heterocycles. The van der Waals surface area contributed by atoms with Gasteiger partial charge >= 0.3 is 0 Å². The first-order valence-electron chi connectivity index (χ1n) is 5.63. The second-order valence-electron chi connectivity index (χ2n) is 3.99. The number of benzene rings is 1. The summed E-state index contributed by atoms with van der Waals surface area (Å²) in [4.78, 5) is 0. The highest BCUT2D eigenvalue weighted by molar-refractivity contribution is 5.41. The number of aryl methyl sites for hydroxylation is 1. The van der Waals surface area contributed by atoms with Gasteiger partial charge < -0.3 is 15.2 Å². The van der Waals surface area contributed by atoms with Crippen LogP contribution in [0.15, 0.2) is 18.2 Å². The summed E-state index contributed by atoms with van der Waals surface area (Å²) in [6, 6.07) is 6.15. The molecule has 2 N–H and O–H groups in total. The molecule has 1 rings (SSSR count). The largest absolute Gasteiger partial charge is 0.488 e. The van der Waals surface area contributed by atoms with Crippen molar-refractivity contribution < 1.29 is 9.47 Å². The van der Waals surface area contributed by atoms with Crippen LogP contribution in [0, 0.1) is 6.92 Å². The van der Waals surface area contributed by atoms with E-state index in [9.17, 15) is 0 Å². The maximum Gasteiger partial charge on any atom is 0.125 e. The summed E-state index contributed by atoms with van der Waals surface area (Å²) >= 11 is 0. The lowest BCUT2D eigenvalue weighted by atomic mass is 10.1. The zero-order valence-electron chi connectivity index (χ0n) is 10.3. The van der Waals surface area contributed by atoms with Gasteiger partial charge in [0.05, 0.1) is 6.61 Å². The quantitative estimate of drug-likeness (QED) is 0.801. The average molecular weight is 223 g/mol. The van der Waals surface area contributed by atoms with E-state index in [4.69, 9.17) is 15.2 Å². The Kier molecular flexibility index (Phi) is 5.29. The molecular weight excluding hydrogens is 202 g/mol. The van der Waals surface area contributed by atoms with E-state index >= 15 is 0 Å². The molecule has 16 heavy (non-hydrogen) atoms. The number of hydrogen-bond acceptors (Lipinski definition) is 3. The van der Waals surface area contributed by atoms with Gasteiger partial charge in [0, 0.05) is 7.11 Å². The lowest BCUT2D eigenvalue weighted by molar-refractivity contribution is 0.0909. The van der Waals surface area contributed by atoms with E-state index in [1.165, 1.54) is 5.56 Å². The molecule has 0 aliphatic rings. The van der Waals surface area contributed by atoms with E-state index in [1.807, 2.05) is 13.0 Å². The van der Waals surface area contributed by atoms with E-state index in [2.05, 4.69) is 19.1 Å². The van der Waals surface area contributed by atoms with Crippen LogP contribution >= 0.6 is 0 Å². The first kappa shape index (κ1) is 13.0. The molecule has 1 aromatic carbocycles. The summed E-state index contributed by atoms with van der Waals surface area (Å²) in [7, 11) is 1.68. The summed E-state index contributed by atoms with van der Waals surface area (Å²) in [5.41, 5.74) is 7.91. The fraction of sp³-hybridized carbons (Fsp3) is 0.538. The second kappa shape index (κ2) is 6.51. The molecule has 3 nitrogen and oxygen atoms in total. The van der Waals surface area contributed by atoms with Gasteiger partial charge in [-0.2, -0.15) is 0 Å². The van der Waals surface area contributed by atoms with Crippen molar-refractivity contribution in [1.82, 2.24) is 0 Å². The molecule has 90 valence electrons. The van der Waals surface area contributed by atoms with Gasteiger partial charge in [-0.3, -0.25) is 0 Å². The van der Waals surface area contributed by atoms with Crippen molar-refractivity contribution in [1.29, 1.82) is 0 Å². The zero-order chi connectivity index (χ0) is 12.0. The van der Waals surface area contributed by atoms with Crippen molar-refractivity contribution in [2.75, 3.05) is 20.3 Å². The highest BCUT2D eigenvalue weighted by atomic mass is 16.5. The Morgan fingerprint density at radius 3 is 2.75 bits per heavy atom. The number of hydrogen-bond donors (Lipinski definition) is 1. The predicted molar refractivity (Wildman–Crippen MR) is 65.9 cm³/mol. The molecule has 0 radical (unpaired) electrons. The Morgan fingerprint density at radius 1 is 1.38 bits per heavy atom. The average Bonchev–Trinajstić information content (AvgIpc) is 2.24. The first-order valence-corrected chi connectivity index (χ1v) is 5.63. The van der Waals surface area contributed by atoms with Gasteiger partial charge in [0.25, 0.3) is 0 Å². The van der Waals surface area contributed by atoms with Gasteiger partial charge in [0.1, 0.15) is 11.9 Å². The van der Waals surface area contributed by atoms with Gasteiger partial charge in [-0.1, -0.05) is 18.2 Å². The van der Waals surface area contributed by atoms with E-state index in [0.29, 0.717) is 13.2 Å². The van der Waals surface area contributed by atoms with Crippen LogP contribution in [0.5, 0.6) is 5.75 Å². The molecule has 0 spiro atoms. The maximum absolute atomic E-state index is 5.89. The molecule has 0 fully saturated rings. The normalized spacial score (nSPS) is 12.5. The molecular formula is C13H21NO2. The monoisotopic (exact) mass is 223 g/mol. The van der Waals surface area contributed by atoms with Crippen molar-refractivity contribution in [2.45, 2.75) is 26.4 Å². The molecule has 0 amide bonds. The van der Waals surface area contributed by atoms with Crippen LogP contribution in [0.4, 0.5) is 0 Å². The van der Waals surface area contributed by atoms with Crippen LogP contribution in [-0.4, -0.2) is 26.4 Å². The fourth-order valence-corrected chi connectivity index (χ4v) is 1.70. The summed E-state index contributed by atoms with van der Waals surface area (Å²) < 4.78 is 11.0. The molecule has 0 bridgehead atoms. The van der Waals surface area contributed by atoms with Gasteiger partial charge in [-0.25, -0.2) is 0 Å². The highest BCUT2D eigenvalue weighted by Gasteiger charge is 2.10. The summed E-state index contributed by atoms with van der Waals surface area (Å²) in [5.74, 6) is 0.956. The smallest absolute Gasteiger partial charge is 0.125 e. The minimum Gasteiger partial charge on any atom is -0.488 e. The van der Waals surface area contributed by atoms with Crippen molar-refractivity contribution >= 4 is 0 Å². The summed E-state index contributed by atoms with van der Waals surface area (Å²) in [5, 5.41) is 0. The number of ether oxygens (including phenoxy) is 2. The van der Waals surface area contributed by atoms with Gasteiger partial charge in [0.2, 0.25) is 0 Å². The van der Waals surface area contributed by atoms with Crippen molar-refractivity contribution in [3.8, 4) is 5.75 Å². The second-order valence-corrected chi connectivity index (χ2v) is 3.99. The van der Waals surface area contributed by atoms with Gasteiger partial charge in [-0.05, 0) is 37.9 Å².